The molecule has 1 N–H and O–H groups in total. The Morgan fingerprint density at radius 2 is 2.19 bits per heavy atom. The summed E-state index contributed by atoms with van der Waals surface area (Å²) in [6.45, 7) is 0.293. The molecule has 1 aliphatic carbocycles. The summed E-state index contributed by atoms with van der Waals surface area (Å²) in [5.74, 6) is 0.165. The summed E-state index contributed by atoms with van der Waals surface area (Å²) < 4.78 is 6.55. The summed E-state index contributed by atoms with van der Waals surface area (Å²) in [6, 6.07) is 5.43. The molecule has 0 aliphatic heterocycles. The summed E-state index contributed by atoms with van der Waals surface area (Å²) in [5, 5.41) is 12.6. The van der Waals surface area contributed by atoms with Gasteiger partial charge in [0, 0.05) is 25.2 Å². The first-order chi connectivity index (χ1) is 12.6. The second-order valence-electron chi connectivity index (χ2n) is 6.56. The summed E-state index contributed by atoms with van der Waals surface area (Å²) in [6.07, 6.45) is 7.49. The molecule has 1 amide bonds. The molecule has 7 nitrogen and oxygen atoms in total. The van der Waals surface area contributed by atoms with Crippen LogP contribution in [0.15, 0.2) is 23.1 Å². The van der Waals surface area contributed by atoms with Gasteiger partial charge in [-0.2, -0.15) is 5.26 Å². The first-order valence-electron chi connectivity index (χ1n) is 8.90. The SMILES string of the molecule is COc1nc2ccn(CCC(=O)NC3CCCCC3)c(=O)c2cc1C#N. The predicted molar refractivity (Wildman–Crippen MR) is 96.9 cm³/mol. The lowest BCUT2D eigenvalue weighted by molar-refractivity contribution is -0.122. The van der Waals surface area contributed by atoms with E-state index < -0.39 is 0 Å². The lowest BCUT2D eigenvalue weighted by Crippen LogP contribution is -2.37. The second-order valence-corrected chi connectivity index (χ2v) is 6.56. The second kappa shape index (κ2) is 8.00. The summed E-state index contributed by atoms with van der Waals surface area (Å²) in [5.41, 5.74) is 0.415. The average Bonchev–Trinajstić information content (AvgIpc) is 2.67. The van der Waals surface area contributed by atoms with E-state index in [0.29, 0.717) is 17.4 Å². The van der Waals surface area contributed by atoms with Gasteiger partial charge in [0.1, 0.15) is 11.6 Å². The van der Waals surface area contributed by atoms with Crippen molar-refractivity contribution in [3.63, 3.8) is 0 Å². The number of aryl methyl sites for hydroxylation is 1. The monoisotopic (exact) mass is 354 g/mol. The highest BCUT2D eigenvalue weighted by atomic mass is 16.5. The quantitative estimate of drug-likeness (QED) is 0.887. The van der Waals surface area contributed by atoms with Crippen LogP contribution in [0.2, 0.25) is 0 Å². The predicted octanol–water partition coefficient (Wildman–Crippen LogP) is 2.12. The molecule has 0 atom stereocenters. The lowest BCUT2D eigenvalue weighted by atomic mass is 9.95. The summed E-state index contributed by atoms with van der Waals surface area (Å²) in [4.78, 5) is 29.0. The molecule has 0 radical (unpaired) electrons. The van der Waals surface area contributed by atoms with E-state index in [9.17, 15) is 9.59 Å². The number of nitriles is 1. The van der Waals surface area contributed by atoms with Crippen molar-refractivity contribution in [3.8, 4) is 11.9 Å². The highest BCUT2D eigenvalue weighted by molar-refractivity contribution is 5.80. The van der Waals surface area contributed by atoms with E-state index in [0.717, 1.165) is 25.7 Å². The third kappa shape index (κ3) is 3.85. The van der Waals surface area contributed by atoms with Crippen molar-refractivity contribution in [1.82, 2.24) is 14.9 Å². The number of methoxy groups -OCH3 is 1. The number of rotatable bonds is 5. The smallest absolute Gasteiger partial charge is 0.260 e. The summed E-state index contributed by atoms with van der Waals surface area (Å²) >= 11 is 0. The zero-order valence-corrected chi connectivity index (χ0v) is 14.8. The third-order valence-corrected chi connectivity index (χ3v) is 4.78. The van der Waals surface area contributed by atoms with E-state index in [1.165, 1.54) is 24.2 Å². The van der Waals surface area contributed by atoms with Gasteiger partial charge in [0.2, 0.25) is 11.8 Å². The summed E-state index contributed by atoms with van der Waals surface area (Å²) in [7, 11) is 1.43. The van der Waals surface area contributed by atoms with Gasteiger partial charge in [0.15, 0.2) is 0 Å². The standard InChI is InChI=1S/C19H22N4O3/c1-26-18-13(12-20)11-15-16(22-18)7-9-23(19(15)25)10-8-17(24)21-14-5-3-2-4-6-14/h7,9,11,14H,2-6,8,10H2,1H3,(H,21,24). The fourth-order valence-electron chi connectivity index (χ4n) is 3.37. The number of aromatic nitrogens is 2. The molecule has 0 spiro atoms. The van der Waals surface area contributed by atoms with Gasteiger partial charge in [-0.05, 0) is 25.0 Å². The molecule has 3 rings (SSSR count). The molecule has 1 saturated carbocycles. The maximum Gasteiger partial charge on any atom is 0.260 e. The first kappa shape index (κ1) is 17.9. The van der Waals surface area contributed by atoms with Crippen molar-refractivity contribution in [2.45, 2.75) is 51.1 Å². The number of ether oxygens (including phenoxy) is 1. The number of hydrogen-bond acceptors (Lipinski definition) is 5. The van der Waals surface area contributed by atoms with Gasteiger partial charge in [-0.1, -0.05) is 19.3 Å². The van der Waals surface area contributed by atoms with Crippen molar-refractivity contribution < 1.29 is 9.53 Å². The van der Waals surface area contributed by atoms with Gasteiger partial charge >= 0.3 is 0 Å². The number of nitrogens with zero attached hydrogens (tertiary/aromatic N) is 3. The van der Waals surface area contributed by atoms with Gasteiger partial charge in [-0.3, -0.25) is 9.59 Å². The number of nitrogens with one attached hydrogen (secondary N) is 1. The number of hydrogen-bond donors (Lipinski definition) is 1. The normalized spacial score (nSPS) is 14.8. The Bertz CT molecular complexity index is 907. The molecule has 1 fully saturated rings. The van der Waals surface area contributed by atoms with Crippen molar-refractivity contribution in [1.29, 1.82) is 5.26 Å². The van der Waals surface area contributed by atoms with E-state index in [1.807, 2.05) is 6.07 Å². The van der Waals surface area contributed by atoms with Crippen LogP contribution in [0.1, 0.15) is 44.1 Å². The Hall–Kier alpha value is -2.88. The van der Waals surface area contributed by atoms with Crippen LogP contribution in [0, 0.1) is 11.3 Å². The van der Waals surface area contributed by atoms with Crippen LogP contribution >= 0.6 is 0 Å². The topological polar surface area (TPSA) is 97.0 Å². The van der Waals surface area contributed by atoms with Gasteiger partial charge in [0.25, 0.3) is 5.56 Å². The molecule has 2 heterocycles. The largest absolute Gasteiger partial charge is 0.480 e. The van der Waals surface area contributed by atoms with Gasteiger partial charge in [-0.25, -0.2) is 4.98 Å². The van der Waals surface area contributed by atoms with Gasteiger partial charge in [0.05, 0.1) is 18.0 Å². The third-order valence-electron chi connectivity index (χ3n) is 4.78. The highest BCUT2D eigenvalue weighted by Crippen LogP contribution is 2.19. The molecule has 26 heavy (non-hydrogen) atoms. The van der Waals surface area contributed by atoms with E-state index in [1.54, 1.807) is 12.3 Å². The number of amides is 1. The van der Waals surface area contributed by atoms with Crippen LogP contribution in [-0.4, -0.2) is 28.6 Å². The molecule has 0 aromatic carbocycles. The van der Waals surface area contributed by atoms with Crippen LogP contribution in [0.4, 0.5) is 0 Å². The minimum Gasteiger partial charge on any atom is -0.480 e. The molecule has 7 heteroatoms. The zero-order chi connectivity index (χ0) is 18.5. The zero-order valence-electron chi connectivity index (χ0n) is 14.8. The molecule has 2 aromatic heterocycles. The molecule has 0 bridgehead atoms. The molecular formula is C19H22N4O3. The van der Waals surface area contributed by atoms with Gasteiger partial charge in [-0.15, -0.1) is 0 Å². The molecule has 1 aliphatic rings. The maximum absolute atomic E-state index is 12.6. The number of carbonyl (C=O) groups excluding carboxylic acids is 1. The van der Waals surface area contributed by atoms with E-state index in [2.05, 4.69) is 10.3 Å². The number of pyridine rings is 2. The fraction of sp³-hybridized carbons (Fsp3) is 0.474. The van der Waals surface area contributed by atoms with Crippen LogP contribution in [0.3, 0.4) is 0 Å². The van der Waals surface area contributed by atoms with Crippen LogP contribution in [0.25, 0.3) is 10.9 Å². The number of carbonyl (C=O) groups is 1. The first-order valence-corrected chi connectivity index (χ1v) is 8.90. The Morgan fingerprint density at radius 3 is 2.88 bits per heavy atom. The Labute approximate surface area is 151 Å². The molecule has 136 valence electrons. The van der Waals surface area contributed by atoms with Crippen LogP contribution in [-0.2, 0) is 11.3 Å². The average molecular weight is 354 g/mol. The van der Waals surface area contributed by atoms with Crippen molar-refractivity contribution in [2.75, 3.05) is 7.11 Å². The van der Waals surface area contributed by atoms with E-state index in [-0.39, 0.29) is 35.4 Å². The highest BCUT2D eigenvalue weighted by Gasteiger charge is 2.16. The maximum atomic E-state index is 12.6. The minimum absolute atomic E-state index is 0.0329. The van der Waals surface area contributed by atoms with Crippen LogP contribution in [0.5, 0.6) is 5.88 Å². The molecule has 2 aromatic rings. The van der Waals surface area contributed by atoms with E-state index in [4.69, 9.17) is 10.00 Å². The van der Waals surface area contributed by atoms with E-state index >= 15 is 0 Å². The number of fused-ring (bicyclic) bond motifs is 1. The van der Waals surface area contributed by atoms with Crippen molar-refractivity contribution >= 4 is 16.8 Å². The minimum atomic E-state index is -0.264. The lowest BCUT2D eigenvalue weighted by Gasteiger charge is -2.22. The Kier molecular flexibility index (Phi) is 5.52. The molecule has 0 unspecified atom stereocenters. The Morgan fingerprint density at radius 1 is 1.42 bits per heavy atom. The molecule has 0 saturated heterocycles. The molecular weight excluding hydrogens is 332 g/mol. The van der Waals surface area contributed by atoms with Crippen LogP contribution < -0.4 is 15.6 Å². The fourth-order valence-corrected chi connectivity index (χ4v) is 3.37. The van der Waals surface area contributed by atoms with Crippen molar-refractivity contribution in [2.24, 2.45) is 0 Å². The Balaban J connectivity index is 1.74. The van der Waals surface area contributed by atoms with Crippen molar-refractivity contribution in [3.05, 3.63) is 34.2 Å². The van der Waals surface area contributed by atoms with Gasteiger partial charge < -0.3 is 14.6 Å².